The minimum atomic E-state index is 0.0186. The summed E-state index contributed by atoms with van der Waals surface area (Å²) in [6, 6.07) is 25.4. The van der Waals surface area contributed by atoms with E-state index in [1.807, 2.05) is 83.8 Å². The summed E-state index contributed by atoms with van der Waals surface area (Å²) in [7, 11) is 3.33. The minimum Gasteiger partial charge on any atom is -0.497 e. The van der Waals surface area contributed by atoms with Crippen molar-refractivity contribution in [3.63, 3.8) is 0 Å². The number of carbonyl (C=O) groups excluding carboxylic acids is 1. The number of rotatable bonds is 11. The summed E-state index contributed by atoms with van der Waals surface area (Å²) in [5.41, 5.74) is 3.54. The van der Waals surface area contributed by atoms with Crippen molar-refractivity contribution in [3.05, 3.63) is 96.2 Å². The van der Waals surface area contributed by atoms with Crippen LogP contribution in [0.15, 0.2) is 85.1 Å². The number of aromatic nitrogens is 1. The van der Waals surface area contributed by atoms with Crippen LogP contribution in [0.3, 0.4) is 0 Å². The number of ether oxygens (including phenoxy) is 2. The van der Waals surface area contributed by atoms with Crippen molar-refractivity contribution < 1.29 is 14.3 Å². The lowest BCUT2D eigenvalue weighted by Gasteiger charge is -2.25. The fourth-order valence-corrected chi connectivity index (χ4v) is 4.37. The van der Waals surface area contributed by atoms with E-state index in [2.05, 4.69) is 17.2 Å². The highest BCUT2D eigenvalue weighted by Crippen LogP contribution is 2.28. The largest absolute Gasteiger partial charge is 0.497 e. The summed E-state index contributed by atoms with van der Waals surface area (Å²) in [4.78, 5) is 19.8. The smallest absolute Gasteiger partial charge is 0.254 e. The minimum absolute atomic E-state index is 0.0186. The van der Waals surface area contributed by atoms with Gasteiger partial charge in [-0.15, -0.1) is 0 Å². The van der Waals surface area contributed by atoms with Crippen molar-refractivity contribution in [1.82, 2.24) is 9.88 Å². The van der Waals surface area contributed by atoms with E-state index in [0.29, 0.717) is 18.7 Å². The molecule has 36 heavy (non-hydrogen) atoms. The van der Waals surface area contributed by atoms with Crippen LogP contribution in [0.5, 0.6) is 11.5 Å². The highest BCUT2D eigenvalue weighted by atomic mass is 16.5. The van der Waals surface area contributed by atoms with E-state index in [-0.39, 0.29) is 11.9 Å². The fourth-order valence-electron chi connectivity index (χ4n) is 4.37. The summed E-state index contributed by atoms with van der Waals surface area (Å²) in [5, 5.41) is 4.63. The molecule has 0 aliphatic carbocycles. The van der Waals surface area contributed by atoms with Crippen LogP contribution in [0.4, 0.5) is 5.69 Å². The van der Waals surface area contributed by atoms with Crippen LogP contribution in [0.25, 0.3) is 10.9 Å². The normalized spacial score (nSPS) is 11.6. The zero-order valence-electron chi connectivity index (χ0n) is 21.1. The lowest BCUT2D eigenvalue weighted by Crippen LogP contribution is -2.32. The number of pyridine rings is 1. The third kappa shape index (κ3) is 6.13. The Labute approximate surface area is 212 Å². The molecular weight excluding hydrogens is 450 g/mol. The molecule has 0 radical (unpaired) electrons. The first-order chi connectivity index (χ1) is 17.6. The third-order valence-electron chi connectivity index (χ3n) is 6.24. The van der Waals surface area contributed by atoms with Crippen molar-refractivity contribution >= 4 is 22.5 Å². The van der Waals surface area contributed by atoms with Crippen LogP contribution in [-0.2, 0) is 6.54 Å². The van der Waals surface area contributed by atoms with Crippen LogP contribution < -0.4 is 14.8 Å². The Morgan fingerprint density at radius 1 is 0.972 bits per heavy atom. The maximum absolute atomic E-state index is 13.4. The molecule has 186 valence electrons. The Kier molecular flexibility index (Phi) is 8.40. The standard InChI is InChI=1S/C30H33N3O3/c1-22(32-27-20-26(35-2)19-24-15-9-17-31-29(24)27)11-10-18-33(30(34)23-12-5-4-6-13-23)21-25-14-7-8-16-28(25)36-3/h4-9,12-17,19-20,22,32H,10-11,18,21H2,1-3H3. The van der Waals surface area contributed by atoms with Gasteiger partial charge in [0.05, 0.1) is 25.4 Å². The van der Waals surface area contributed by atoms with Gasteiger partial charge in [-0.3, -0.25) is 9.78 Å². The van der Waals surface area contributed by atoms with Gasteiger partial charge in [0.25, 0.3) is 5.91 Å². The monoisotopic (exact) mass is 483 g/mol. The van der Waals surface area contributed by atoms with Crippen molar-refractivity contribution in [2.24, 2.45) is 0 Å². The van der Waals surface area contributed by atoms with Gasteiger partial charge in [-0.25, -0.2) is 0 Å². The Bertz CT molecular complexity index is 1290. The maximum Gasteiger partial charge on any atom is 0.254 e. The van der Waals surface area contributed by atoms with Gasteiger partial charge >= 0.3 is 0 Å². The number of nitrogens with one attached hydrogen (secondary N) is 1. The molecule has 0 saturated carbocycles. The third-order valence-corrected chi connectivity index (χ3v) is 6.24. The molecule has 0 fully saturated rings. The van der Waals surface area contributed by atoms with E-state index in [1.165, 1.54) is 0 Å². The first-order valence-corrected chi connectivity index (χ1v) is 12.2. The zero-order chi connectivity index (χ0) is 25.3. The van der Waals surface area contributed by atoms with Crippen molar-refractivity contribution in [3.8, 4) is 11.5 Å². The Morgan fingerprint density at radius 3 is 2.53 bits per heavy atom. The van der Waals surface area contributed by atoms with Crippen LogP contribution >= 0.6 is 0 Å². The first kappa shape index (κ1) is 25.0. The fraction of sp³-hybridized carbons (Fsp3) is 0.267. The molecule has 6 nitrogen and oxygen atoms in total. The number of anilines is 1. The number of amides is 1. The van der Waals surface area contributed by atoms with Gasteiger partial charge in [-0.05, 0) is 50.1 Å². The molecule has 4 rings (SSSR count). The number of benzene rings is 3. The molecule has 0 spiro atoms. The highest BCUT2D eigenvalue weighted by molar-refractivity contribution is 5.94. The highest BCUT2D eigenvalue weighted by Gasteiger charge is 2.18. The van der Waals surface area contributed by atoms with Crippen LogP contribution in [0.1, 0.15) is 35.7 Å². The molecule has 4 aromatic rings. The predicted octanol–water partition coefficient (Wildman–Crippen LogP) is 6.18. The Morgan fingerprint density at radius 2 is 1.75 bits per heavy atom. The molecular formula is C30H33N3O3. The molecule has 3 aromatic carbocycles. The van der Waals surface area contributed by atoms with Gasteiger partial charge in [0.15, 0.2) is 0 Å². The topological polar surface area (TPSA) is 63.7 Å². The number of fused-ring (bicyclic) bond motifs is 1. The SMILES string of the molecule is COc1cc(NC(C)CCCN(Cc2ccccc2OC)C(=O)c2ccccc2)c2ncccc2c1. The van der Waals surface area contributed by atoms with Gasteiger partial charge in [0.1, 0.15) is 11.5 Å². The van der Waals surface area contributed by atoms with E-state index in [9.17, 15) is 4.79 Å². The lowest BCUT2D eigenvalue weighted by atomic mass is 10.1. The average Bonchev–Trinajstić information content (AvgIpc) is 2.92. The summed E-state index contributed by atoms with van der Waals surface area (Å²) < 4.78 is 11.0. The number of hydrogen-bond acceptors (Lipinski definition) is 5. The predicted molar refractivity (Wildman–Crippen MR) is 145 cm³/mol. The molecule has 0 bridgehead atoms. The van der Waals surface area contributed by atoms with E-state index in [4.69, 9.17) is 9.47 Å². The van der Waals surface area contributed by atoms with Gasteiger partial charge < -0.3 is 19.7 Å². The van der Waals surface area contributed by atoms with Gasteiger partial charge in [-0.2, -0.15) is 0 Å². The second kappa shape index (κ2) is 12.1. The summed E-state index contributed by atoms with van der Waals surface area (Å²) >= 11 is 0. The lowest BCUT2D eigenvalue weighted by molar-refractivity contribution is 0.0738. The maximum atomic E-state index is 13.4. The van der Waals surface area contributed by atoms with Gasteiger partial charge in [-0.1, -0.05) is 42.5 Å². The van der Waals surface area contributed by atoms with Crippen LogP contribution in [0, 0.1) is 0 Å². The van der Waals surface area contributed by atoms with Crippen LogP contribution in [-0.4, -0.2) is 42.6 Å². The summed E-state index contributed by atoms with van der Waals surface area (Å²) in [6.45, 7) is 3.27. The molecule has 1 N–H and O–H groups in total. The van der Waals surface area contributed by atoms with Crippen molar-refractivity contribution in [2.45, 2.75) is 32.4 Å². The van der Waals surface area contributed by atoms with Gasteiger partial charge in [0, 0.05) is 47.9 Å². The molecule has 1 heterocycles. The van der Waals surface area contributed by atoms with Crippen molar-refractivity contribution in [2.75, 3.05) is 26.1 Å². The molecule has 1 aromatic heterocycles. The van der Waals surface area contributed by atoms with Gasteiger partial charge in [0.2, 0.25) is 0 Å². The summed E-state index contributed by atoms with van der Waals surface area (Å²) in [5.74, 6) is 1.60. The number of para-hydroxylation sites is 1. The molecule has 6 heteroatoms. The molecule has 0 aliphatic rings. The summed E-state index contributed by atoms with van der Waals surface area (Å²) in [6.07, 6.45) is 3.53. The quantitative estimate of drug-likeness (QED) is 0.276. The van der Waals surface area contributed by atoms with Crippen LogP contribution in [0.2, 0.25) is 0 Å². The second-order valence-corrected chi connectivity index (χ2v) is 8.84. The molecule has 0 aliphatic heterocycles. The van der Waals surface area contributed by atoms with E-state index in [0.717, 1.165) is 46.5 Å². The molecule has 1 amide bonds. The zero-order valence-corrected chi connectivity index (χ0v) is 21.1. The average molecular weight is 484 g/mol. The number of methoxy groups -OCH3 is 2. The first-order valence-electron chi connectivity index (χ1n) is 12.2. The van der Waals surface area contributed by atoms with E-state index < -0.39 is 0 Å². The molecule has 1 atom stereocenters. The van der Waals surface area contributed by atoms with Crippen molar-refractivity contribution in [1.29, 1.82) is 0 Å². The Balaban J connectivity index is 1.45. The second-order valence-electron chi connectivity index (χ2n) is 8.84. The Hall–Kier alpha value is -4.06. The van der Waals surface area contributed by atoms with E-state index >= 15 is 0 Å². The number of carbonyl (C=O) groups is 1. The number of hydrogen-bond donors (Lipinski definition) is 1. The molecule has 1 unspecified atom stereocenters. The van der Waals surface area contributed by atoms with E-state index in [1.54, 1.807) is 20.4 Å². The number of nitrogens with zero attached hydrogens (tertiary/aromatic N) is 2. The molecule has 0 saturated heterocycles.